The van der Waals surface area contributed by atoms with Crippen molar-refractivity contribution in [3.05, 3.63) is 71.8 Å². The van der Waals surface area contributed by atoms with Crippen LogP contribution in [0.5, 0.6) is 0 Å². The second-order valence-corrected chi connectivity index (χ2v) is 10.3. The Hall–Kier alpha value is -1.15. The molecule has 0 spiro atoms. The van der Waals surface area contributed by atoms with Gasteiger partial charge in [0.15, 0.2) is 4.62 Å². The van der Waals surface area contributed by atoms with Gasteiger partial charge in [-0.3, -0.25) is 9.09 Å². The Bertz CT molecular complexity index is 715. The van der Waals surface area contributed by atoms with Crippen molar-refractivity contribution in [3.8, 4) is 0 Å². The Morgan fingerprint density at radius 3 is 1.52 bits per heavy atom. The second kappa shape index (κ2) is 6.87. The van der Waals surface area contributed by atoms with Crippen molar-refractivity contribution < 1.29 is 13.3 Å². The lowest BCUT2D eigenvalue weighted by Gasteiger charge is -2.42. The van der Waals surface area contributed by atoms with Gasteiger partial charge in [-0.15, -0.1) is 0 Å². The fraction of sp³-hybridized carbons (Fsp3) is 0.400. The smallest absolute Gasteiger partial charge is 0.297 e. The Labute approximate surface area is 154 Å². The molecule has 0 aromatic heterocycles. The summed E-state index contributed by atoms with van der Waals surface area (Å²) in [5.74, 6) is 0. The first-order valence-electron chi connectivity index (χ1n) is 8.22. The Balaban J connectivity index is 2.62. The number of halogens is 2. The van der Waals surface area contributed by atoms with E-state index in [1.54, 1.807) is 74.5 Å². The molecule has 0 N–H and O–H groups in total. The minimum Gasteiger partial charge on any atom is -0.297 e. The van der Waals surface area contributed by atoms with Gasteiger partial charge in [0, 0.05) is 0 Å². The van der Waals surface area contributed by atoms with E-state index in [1.807, 2.05) is 20.8 Å². The molecule has 25 heavy (non-hydrogen) atoms. The summed E-state index contributed by atoms with van der Waals surface area (Å²) in [4.78, 5) is 0. The van der Waals surface area contributed by atoms with Gasteiger partial charge in [0.25, 0.3) is 0 Å². The molecule has 2 rings (SSSR count). The molecule has 1 atom stereocenters. The van der Waals surface area contributed by atoms with E-state index in [1.165, 1.54) is 0 Å². The van der Waals surface area contributed by atoms with Crippen molar-refractivity contribution in [2.24, 2.45) is 5.41 Å². The van der Waals surface area contributed by atoms with Crippen LogP contribution < -0.4 is 0 Å². The van der Waals surface area contributed by atoms with Crippen LogP contribution in [0.25, 0.3) is 0 Å². The van der Waals surface area contributed by atoms with E-state index >= 15 is 4.20 Å². The van der Waals surface area contributed by atoms with E-state index in [4.69, 9.17) is 16.1 Å². The minimum absolute atomic E-state index is 0.401. The van der Waals surface area contributed by atoms with Gasteiger partial charge < -0.3 is 0 Å². The molecule has 2 nitrogen and oxygen atoms in total. The molecule has 2 aromatic rings. The zero-order valence-corrected chi connectivity index (χ0v) is 16.9. The lowest BCUT2D eigenvalue weighted by Crippen LogP contribution is -2.40. The highest BCUT2D eigenvalue weighted by Crippen LogP contribution is 2.72. The van der Waals surface area contributed by atoms with Crippen LogP contribution in [0.2, 0.25) is 0 Å². The fourth-order valence-corrected chi connectivity index (χ4v) is 4.54. The molecule has 0 saturated heterocycles. The van der Waals surface area contributed by atoms with Crippen molar-refractivity contribution in [1.29, 1.82) is 0 Å². The summed E-state index contributed by atoms with van der Waals surface area (Å²) < 4.78 is 32.7. The van der Waals surface area contributed by atoms with E-state index in [9.17, 15) is 4.57 Å². The lowest BCUT2D eigenvalue weighted by atomic mass is 9.79. The van der Waals surface area contributed by atoms with E-state index < -0.39 is 23.3 Å². The molecular weight excluding hydrogens is 358 g/mol. The number of hydrogen-bond acceptors (Lipinski definition) is 2. The maximum atomic E-state index is 15.7. The summed E-state index contributed by atoms with van der Waals surface area (Å²) in [7, 11) is -4.81. The second-order valence-electron chi connectivity index (χ2n) is 7.69. The fourth-order valence-electron chi connectivity index (χ4n) is 2.29. The van der Waals surface area contributed by atoms with Gasteiger partial charge >= 0.3 is 7.68 Å². The van der Waals surface area contributed by atoms with Gasteiger partial charge in [0.2, 0.25) is 0 Å². The molecule has 0 fully saturated rings. The van der Waals surface area contributed by atoms with Crippen molar-refractivity contribution >= 4 is 19.3 Å². The molecule has 0 aliphatic heterocycles. The molecule has 0 saturated carbocycles. The minimum atomic E-state index is -4.81. The first-order valence-corrected chi connectivity index (χ1v) is 10.1. The average Bonchev–Trinajstić information content (AvgIpc) is 2.53. The van der Waals surface area contributed by atoms with Crippen molar-refractivity contribution in [2.75, 3.05) is 0 Å². The zero-order chi connectivity index (χ0) is 18.9. The first kappa shape index (κ1) is 20.2. The van der Waals surface area contributed by atoms with Crippen LogP contribution in [-0.4, -0.2) is 5.60 Å². The molecule has 0 heterocycles. The normalized spacial score (nSPS) is 15.6. The summed E-state index contributed by atoms with van der Waals surface area (Å²) in [6.45, 7) is 9.19. The molecule has 2 aromatic carbocycles. The highest BCUT2D eigenvalue weighted by atomic mass is 35.5. The molecule has 0 bridgehead atoms. The summed E-state index contributed by atoms with van der Waals surface area (Å²) >= 11 is 6.77. The quantitative estimate of drug-likeness (QED) is 0.406. The summed E-state index contributed by atoms with van der Waals surface area (Å²) in [5.41, 5.74) is -0.613. The third kappa shape index (κ3) is 3.84. The number of benzene rings is 2. The van der Waals surface area contributed by atoms with Crippen LogP contribution in [0.4, 0.5) is 4.20 Å². The molecule has 136 valence electrons. The topological polar surface area (TPSA) is 26.3 Å². The van der Waals surface area contributed by atoms with E-state index in [-0.39, 0.29) is 0 Å². The standard InChI is InChI=1S/C20H25ClFO2P/c1-18(2,3)19(4,5)24-25(22,23)20(21,16-12-8-6-9-13-16)17-14-10-7-11-15-17/h6-15H,1-5H3. The van der Waals surface area contributed by atoms with E-state index in [0.29, 0.717) is 11.1 Å². The predicted molar refractivity (Wildman–Crippen MR) is 103 cm³/mol. The monoisotopic (exact) mass is 382 g/mol. The maximum absolute atomic E-state index is 15.7. The molecule has 5 heteroatoms. The number of hydrogen-bond donors (Lipinski definition) is 0. The molecule has 0 aliphatic carbocycles. The molecule has 0 aliphatic rings. The summed E-state index contributed by atoms with van der Waals surface area (Å²) in [5, 5.41) is 0. The zero-order valence-electron chi connectivity index (χ0n) is 15.3. The van der Waals surface area contributed by atoms with E-state index in [2.05, 4.69) is 0 Å². The first-order chi connectivity index (χ1) is 11.4. The molecule has 0 radical (unpaired) electrons. The largest absolute Gasteiger partial charge is 0.397 e. The van der Waals surface area contributed by atoms with Crippen LogP contribution in [0.1, 0.15) is 45.7 Å². The molecule has 1 unspecified atom stereocenters. The Morgan fingerprint density at radius 2 is 1.20 bits per heavy atom. The Morgan fingerprint density at radius 1 is 0.840 bits per heavy atom. The summed E-state index contributed by atoms with van der Waals surface area (Å²) in [6, 6.07) is 17.2. The van der Waals surface area contributed by atoms with Crippen molar-refractivity contribution in [3.63, 3.8) is 0 Å². The third-order valence-electron chi connectivity index (χ3n) is 4.83. The average molecular weight is 383 g/mol. The van der Waals surface area contributed by atoms with E-state index in [0.717, 1.165) is 0 Å². The van der Waals surface area contributed by atoms with Gasteiger partial charge in [-0.25, -0.2) is 0 Å². The lowest BCUT2D eigenvalue weighted by molar-refractivity contribution is -0.00481. The van der Waals surface area contributed by atoms with Gasteiger partial charge in [-0.2, -0.15) is 4.20 Å². The van der Waals surface area contributed by atoms with Gasteiger partial charge in [-0.05, 0) is 30.4 Å². The SMILES string of the molecule is CC(C)(C)C(C)(C)OP(=O)(F)C(Cl)(c1ccccc1)c1ccccc1. The maximum Gasteiger partial charge on any atom is 0.397 e. The summed E-state index contributed by atoms with van der Waals surface area (Å²) in [6.07, 6.45) is 0. The van der Waals surface area contributed by atoms with Crippen LogP contribution >= 0.6 is 19.3 Å². The van der Waals surface area contributed by atoms with Crippen LogP contribution in [0.3, 0.4) is 0 Å². The van der Waals surface area contributed by atoms with Crippen molar-refractivity contribution in [2.45, 2.75) is 44.8 Å². The third-order valence-corrected chi connectivity index (χ3v) is 7.82. The van der Waals surface area contributed by atoms with Crippen LogP contribution in [-0.2, 0) is 13.7 Å². The van der Waals surface area contributed by atoms with Crippen molar-refractivity contribution in [1.82, 2.24) is 0 Å². The Kier molecular flexibility index (Phi) is 5.54. The van der Waals surface area contributed by atoms with Gasteiger partial charge in [0.1, 0.15) is 0 Å². The molecule has 0 amide bonds. The highest BCUT2D eigenvalue weighted by molar-refractivity contribution is 7.57. The van der Waals surface area contributed by atoms with Crippen LogP contribution in [0.15, 0.2) is 60.7 Å². The number of alkyl halides is 1. The predicted octanol–water partition coefficient (Wildman–Crippen LogP) is 7.13. The number of rotatable bonds is 5. The van der Waals surface area contributed by atoms with Gasteiger partial charge in [-0.1, -0.05) is 93.0 Å². The molecular formula is C20H25ClFO2P. The highest BCUT2D eigenvalue weighted by Gasteiger charge is 2.56. The van der Waals surface area contributed by atoms with Crippen LogP contribution in [0, 0.1) is 5.41 Å². The van der Waals surface area contributed by atoms with Gasteiger partial charge in [0.05, 0.1) is 5.60 Å².